The van der Waals surface area contributed by atoms with Crippen molar-refractivity contribution in [2.45, 2.75) is 31.6 Å². The zero-order chi connectivity index (χ0) is 15.9. The Labute approximate surface area is 109 Å². The van der Waals surface area contributed by atoms with Gasteiger partial charge in [-0.2, -0.15) is 0 Å². The van der Waals surface area contributed by atoms with Crippen molar-refractivity contribution >= 4 is 0 Å². The maximum absolute atomic E-state index is 12.0. The third kappa shape index (κ3) is 5.94. The minimum absolute atomic E-state index is 4.48. The van der Waals surface area contributed by atoms with E-state index in [1.54, 1.807) is 0 Å². The summed E-state index contributed by atoms with van der Waals surface area (Å²) in [4.78, 5) is 0. The van der Waals surface area contributed by atoms with Gasteiger partial charge >= 0.3 is 109 Å². The Hall–Kier alpha value is 0.0951. The Kier molecular flexibility index (Phi) is 5.50. The second-order valence-electron chi connectivity index (χ2n) is 3.51. The fraction of sp³-hybridized carbons (Fsp3) is 1.00. The first-order valence-corrected chi connectivity index (χ1v) is 10.6. The number of halogens is 12. The van der Waals surface area contributed by atoms with Crippen LogP contribution in [-0.4, -0.2) is 24.7 Å². The second kappa shape index (κ2) is 5.47. The fourth-order valence-electron chi connectivity index (χ4n) is 1.14. The molecule has 0 saturated carbocycles. The second-order valence-corrected chi connectivity index (χ2v) is 11.7. The van der Waals surface area contributed by atoms with Crippen LogP contribution in [-0.2, 0) is 24.6 Å². The Morgan fingerprint density at radius 3 is 0.684 bits per heavy atom. The molecule has 112 valence electrons. The van der Waals surface area contributed by atoms with Crippen molar-refractivity contribution in [3.8, 4) is 0 Å². The SMILES string of the molecule is FC(F)(F)[CH]([Hg][CH](C(F)(F)F)C(F)(F)F)C(F)(F)F. The molecular formula is C6H2F12Hg. The van der Waals surface area contributed by atoms with Crippen molar-refractivity contribution < 1.29 is 77.3 Å². The molecule has 0 nitrogen and oxygen atoms in total. The molecule has 0 fully saturated rings. The first-order chi connectivity index (χ1) is 7.97. The van der Waals surface area contributed by atoms with E-state index in [0.717, 1.165) is 0 Å². The van der Waals surface area contributed by atoms with Crippen molar-refractivity contribution in [3.63, 3.8) is 0 Å². The van der Waals surface area contributed by atoms with Gasteiger partial charge in [-0.3, -0.25) is 0 Å². The molecule has 0 aromatic heterocycles. The van der Waals surface area contributed by atoms with Crippen LogP contribution in [0.15, 0.2) is 0 Å². The van der Waals surface area contributed by atoms with Crippen LogP contribution in [0.2, 0.25) is 6.85 Å². The molecule has 0 amide bonds. The molecule has 0 rings (SSSR count). The molecule has 0 bridgehead atoms. The normalized spacial score (nSPS) is 15.1. The van der Waals surface area contributed by atoms with Gasteiger partial charge in [0.15, 0.2) is 0 Å². The van der Waals surface area contributed by atoms with Crippen molar-refractivity contribution in [1.82, 2.24) is 0 Å². The number of alkyl halides is 12. The Morgan fingerprint density at radius 1 is 0.421 bits per heavy atom. The summed E-state index contributed by atoms with van der Waals surface area (Å²) >= 11 is -5.58. The molecule has 0 N–H and O–H groups in total. The quantitative estimate of drug-likeness (QED) is 0.373. The monoisotopic (exact) mass is 504 g/mol. The van der Waals surface area contributed by atoms with Crippen molar-refractivity contribution in [1.29, 1.82) is 0 Å². The molecule has 13 heteroatoms. The van der Waals surface area contributed by atoms with Gasteiger partial charge in [-0.25, -0.2) is 0 Å². The van der Waals surface area contributed by atoms with Crippen LogP contribution in [0.1, 0.15) is 0 Å². The number of hydrogen-bond donors (Lipinski definition) is 0. The third-order valence-electron chi connectivity index (χ3n) is 2.05. The van der Waals surface area contributed by atoms with Gasteiger partial charge in [0.25, 0.3) is 0 Å². The summed E-state index contributed by atoms with van der Waals surface area (Å²) < 4.78 is 134. The van der Waals surface area contributed by atoms with Gasteiger partial charge in [0.05, 0.1) is 0 Å². The molecule has 0 atom stereocenters. The van der Waals surface area contributed by atoms with Crippen LogP contribution in [0.3, 0.4) is 0 Å². The Bertz CT molecular complexity index is 233. The molecule has 0 unspecified atom stereocenters. The molecule has 0 saturated heterocycles. The van der Waals surface area contributed by atoms with Gasteiger partial charge in [0, 0.05) is 0 Å². The first kappa shape index (κ1) is 19.1. The van der Waals surface area contributed by atoms with E-state index in [9.17, 15) is 52.7 Å². The molecule has 0 radical (unpaired) electrons. The van der Waals surface area contributed by atoms with E-state index in [4.69, 9.17) is 0 Å². The summed E-state index contributed by atoms with van der Waals surface area (Å²) in [6.07, 6.45) is -24.6. The zero-order valence-electron chi connectivity index (χ0n) is 8.40. The molecule has 19 heavy (non-hydrogen) atoms. The van der Waals surface area contributed by atoms with E-state index < -0.39 is 56.1 Å². The first-order valence-electron chi connectivity index (χ1n) is 4.24. The van der Waals surface area contributed by atoms with Gasteiger partial charge in [-0.1, -0.05) is 0 Å². The summed E-state index contributed by atoms with van der Waals surface area (Å²) in [6.45, 7) is 0. The molecule has 0 aromatic carbocycles. The summed E-state index contributed by atoms with van der Waals surface area (Å²) in [5.41, 5.74) is 0. The fourth-order valence-corrected chi connectivity index (χ4v) is 7.13. The van der Waals surface area contributed by atoms with E-state index in [0.29, 0.717) is 0 Å². The molecule has 0 aliphatic heterocycles. The third-order valence-corrected chi connectivity index (χ3v) is 12.9. The average molecular weight is 503 g/mol. The maximum atomic E-state index is 12.0. The topological polar surface area (TPSA) is 0 Å². The van der Waals surface area contributed by atoms with E-state index in [1.165, 1.54) is 0 Å². The van der Waals surface area contributed by atoms with Crippen molar-refractivity contribution in [3.05, 3.63) is 0 Å². The van der Waals surface area contributed by atoms with Crippen LogP contribution in [0.25, 0.3) is 0 Å². The predicted molar refractivity (Wildman–Crippen MR) is 31.7 cm³/mol. The number of rotatable bonds is 2. The van der Waals surface area contributed by atoms with E-state index in [1.807, 2.05) is 0 Å². The van der Waals surface area contributed by atoms with Crippen molar-refractivity contribution in [2.24, 2.45) is 0 Å². The Morgan fingerprint density at radius 2 is 0.579 bits per heavy atom. The molecule has 0 aliphatic rings. The molecule has 0 aromatic rings. The summed E-state index contributed by atoms with van der Waals surface area (Å²) in [5.74, 6) is 0. The minimum atomic E-state index is -6.16. The summed E-state index contributed by atoms with van der Waals surface area (Å²) in [5, 5.41) is 0. The van der Waals surface area contributed by atoms with E-state index >= 15 is 0 Å². The number of hydrogen-bond acceptors (Lipinski definition) is 0. The van der Waals surface area contributed by atoms with E-state index in [2.05, 4.69) is 0 Å². The summed E-state index contributed by atoms with van der Waals surface area (Å²) in [6, 6.07) is 0. The molecule has 0 heterocycles. The zero-order valence-corrected chi connectivity index (χ0v) is 13.9. The Balaban J connectivity index is 5.43. The molecular weight excluding hydrogens is 501 g/mol. The van der Waals surface area contributed by atoms with E-state index in [-0.39, 0.29) is 0 Å². The average Bonchev–Trinajstić information content (AvgIpc) is 1.91. The van der Waals surface area contributed by atoms with Crippen molar-refractivity contribution in [2.75, 3.05) is 0 Å². The predicted octanol–water partition coefficient (Wildman–Crippen LogP) is 4.90. The van der Waals surface area contributed by atoms with Gasteiger partial charge in [-0.05, 0) is 0 Å². The summed E-state index contributed by atoms with van der Waals surface area (Å²) in [7, 11) is 0. The van der Waals surface area contributed by atoms with Crippen LogP contribution < -0.4 is 0 Å². The van der Waals surface area contributed by atoms with Crippen LogP contribution in [0.5, 0.6) is 0 Å². The van der Waals surface area contributed by atoms with Gasteiger partial charge < -0.3 is 0 Å². The van der Waals surface area contributed by atoms with Crippen LogP contribution in [0, 0.1) is 0 Å². The van der Waals surface area contributed by atoms with Gasteiger partial charge in [-0.15, -0.1) is 0 Å². The van der Waals surface area contributed by atoms with Gasteiger partial charge in [0.2, 0.25) is 0 Å². The van der Waals surface area contributed by atoms with Gasteiger partial charge in [0.1, 0.15) is 0 Å². The van der Waals surface area contributed by atoms with Crippen LogP contribution in [0.4, 0.5) is 52.7 Å². The standard InChI is InChI=1S/2C3HF6.Hg/c2*4-2(5,6)1-3(7,8)9;/h2*1H;. The molecule has 0 spiro atoms. The molecule has 0 aliphatic carbocycles. The van der Waals surface area contributed by atoms with Crippen LogP contribution >= 0.6 is 0 Å².